The molecule has 4 nitrogen and oxygen atoms in total. The minimum atomic E-state index is -3.14. The van der Waals surface area contributed by atoms with Crippen LogP contribution in [0.3, 0.4) is 0 Å². The number of fused-ring (bicyclic) bond motifs is 1. The molecule has 0 amide bonds. The molecular formula is C15H18N2O2S. The van der Waals surface area contributed by atoms with Crippen molar-refractivity contribution in [3.05, 3.63) is 36.0 Å². The van der Waals surface area contributed by atoms with Crippen molar-refractivity contribution in [2.24, 2.45) is 0 Å². The zero-order valence-corrected chi connectivity index (χ0v) is 12.7. The lowest BCUT2D eigenvalue weighted by atomic mass is 10.1. The van der Waals surface area contributed by atoms with E-state index in [0.29, 0.717) is 12.1 Å². The van der Waals surface area contributed by atoms with Gasteiger partial charge in [-0.1, -0.05) is 6.07 Å². The van der Waals surface area contributed by atoms with Gasteiger partial charge in [0.05, 0.1) is 22.1 Å². The number of benzene rings is 1. The summed E-state index contributed by atoms with van der Waals surface area (Å²) in [5.41, 5.74) is 1.51. The molecule has 0 bridgehead atoms. The smallest absolute Gasteiger partial charge is 0.156 e. The van der Waals surface area contributed by atoms with E-state index in [9.17, 15) is 8.42 Å². The molecule has 0 aliphatic rings. The van der Waals surface area contributed by atoms with Gasteiger partial charge in [-0.2, -0.15) is 5.26 Å². The van der Waals surface area contributed by atoms with E-state index in [1.807, 2.05) is 29.0 Å². The van der Waals surface area contributed by atoms with Crippen LogP contribution in [0.1, 0.15) is 26.3 Å². The molecule has 1 aromatic heterocycles. The lowest BCUT2D eigenvalue weighted by Crippen LogP contribution is -2.31. The van der Waals surface area contributed by atoms with Crippen molar-refractivity contribution in [2.45, 2.75) is 32.1 Å². The lowest BCUT2D eigenvalue weighted by molar-refractivity contribution is 0.555. The van der Waals surface area contributed by atoms with Crippen LogP contribution in [0.15, 0.2) is 30.5 Å². The Hall–Kier alpha value is -1.80. The normalized spacial score (nSPS) is 12.5. The summed E-state index contributed by atoms with van der Waals surface area (Å²) in [6.07, 6.45) is 1.84. The number of hydrogen-bond donors (Lipinski definition) is 0. The molecule has 1 heterocycles. The molecule has 0 saturated heterocycles. The zero-order valence-electron chi connectivity index (χ0n) is 11.9. The van der Waals surface area contributed by atoms with Crippen LogP contribution in [0.5, 0.6) is 0 Å². The second-order valence-corrected chi connectivity index (χ2v) is 8.65. The van der Waals surface area contributed by atoms with Crippen LogP contribution in [-0.4, -0.2) is 23.5 Å². The van der Waals surface area contributed by atoms with E-state index in [0.717, 1.165) is 10.9 Å². The highest BCUT2D eigenvalue weighted by molar-refractivity contribution is 7.92. The number of aromatic nitrogens is 1. The molecule has 0 unspecified atom stereocenters. The van der Waals surface area contributed by atoms with Gasteiger partial charge in [-0.3, -0.25) is 0 Å². The Balaban J connectivity index is 2.31. The molecule has 0 atom stereocenters. The van der Waals surface area contributed by atoms with Gasteiger partial charge >= 0.3 is 0 Å². The van der Waals surface area contributed by atoms with Crippen molar-refractivity contribution in [2.75, 3.05) is 5.75 Å². The van der Waals surface area contributed by atoms with Crippen molar-refractivity contribution in [1.29, 1.82) is 5.26 Å². The zero-order chi connectivity index (χ0) is 15.0. The maximum Gasteiger partial charge on any atom is 0.156 e. The van der Waals surface area contributed by atoms with Gasteiger partial charge in [0.25, 0.3) is 0 Å². The van der Waals surface area contributed by atoms with Crippen molar-refractivity contribution < 1.29 is 8.42 Å². The molecule has 0 spiro atoms. The molecular weight excluding hydrogens is 272 g/mol. The first kappa shape index (κ1) is 14.6. The molecule has 0 saturated carbocycles. The second kappa shape index (κ2) is 4.95. The minimum absolute atomic E-state index is 0.0943. The number of aryl methyl sites for hydroxylation is 1. The Bertz CT molecular complexity index is 774. The Kier molecular flexibility index (Phi) is 3.61. The van der Waals surface area contributed by atoms with E-state index in [4.69, 9.17) is 5.26 Å². The molecule has 2 rings (SSSR count). The monoisotopic (exact) mass is 290 g/mol. The topological polar surface area (TPSA) is 62.9 Å². The fourth-order valence-corrected chi connectivity index (χ4v) is 3.09. The number of nitriles is 1. The van der Waals surface area contributed by atoms with Gasteiger partial charge in [-0.05, 0) is 39.0 Å². The van der Waals surface area contributed by atoms with Crippen LogP contribution in [0.4, 0.5) is 0 Å². The summed E-state index contributed by atoms with van der Waals surface area (Å²) in [6.45, 7) is 5.54. The highest BCUT2D eigenvalue weighted by Gasteiger charge is 2.28. The number of hydrogen-bond acceptors (Lipinski definition) is 3. The Labute approximate surface area is 119 Å². The quantitative estimate of drug-likeness (QED) is 0.873. The summed E-state index contributed by atoms with van der Waals surface area (Å²) in [5, 5.41) is 9.92. The first-order chi connectivity index (χ1) is 9.26. The van der Waals surface area contributed by atoms with E-state index in [1.165, 1.54) is 0 Å². The molecule has 20 heavy (non-hydrogen) atoms. The van der Waals surface area contributed by atoms with E-state index in [-0.39, 0.29) is 5.75 Å². The van der Waals surface area contributed by atoms with Crippen molar-refractivity contribution in [3.8, 4) is 6.07 Å². The highest BCUT2D eigenvalue weighted by Crippen LogP contribution is 2.21. The van der Waals surface area contributed by atoms with Crippen LogP contribution in [-0.2, 0) is 16.4 Å². The fourth-order valence-electron chi connectivity index (χ4n) is 2.04. The molecule has 2 aromatic rings. The third kappa shape index (κ3) is 2.56. The maximum absolute atomic E-state index is 12.1. The Morgan fingerprint density at radius 2 is 1.95 bits per heavy atom. The third-order valence-electron chi connectivity index (χ3n) is 3.47. The number of sulfone groups is 1. The van der Waals surface area contributed by atoms with Crippen LogP contribution < -0.4 is 0 Å². The van der Waals surface area contributed by atoms with Crippen LogP contribution in [0.2, 0.25) is 0 Å². The minimum Gasteiger partial charge on any atom is -0.346 e. The summed E-state index contributed by atoms with van der Waals surface area (Å²) in [5.74, 6) is 0.0943. The predicted molar refractivity (Wildman–Crippen MR) is 80.2 cm³/mol. The average molecular weight is 290 g/mol. The molecule has 0 radical (unpaired) electrons. The molecule has 106 valence electrons. The summed E-state index contributed by atoms with van der Waals surface area (Å²) >= 11 is 0. The number of nitrogens with zero attached hydrogens (tertiary/aromatic N) is 2. The molecule has 0 fully saturated rings. The van der Waals surface area contributed by atoms with E-state index in [2.05, 4.69) is 6.07 Å². The standard InChI is InChI=1S/C15H18N2O2S/c1-15(2,3)20(18,19)10-9-17-8-7-13-12(11-16)5-4-6-14(13)17/h4-8H,9-10H2,1-3H3. The average Bonchev–Trinajstić information content (AvgIpc) is 2.78. The molecule has 0 aliphatic heterocycles. The predicted octanol–water partition coefficient (Wildman–Crippen LogP) is 2.73. The van der Waals surface area contributed by atoms with Crippen molar-refractivity contribution in [3.63, 3.8) is 0 Å². The fraction of sp³-hybridized carbons (Fsp3) is 0.400. The first-order valence-electron chi connectivity index (χ1n) is 6.46. The second-order valence-electron chi connectivity index (χ2n) is 5.79. The van der Waals surface area contributed by atoms with Gasteiger partial charge in [0, 0.05) is 23.6 Å². The van der Waals surface area contributed by atoms with E-state index in [1.54, 1.807) is 26.8 Å². The van der Waals surface area contributed by atoms with Crippen LogP contribution in [0, 0.1) is 11.3 Å². The van der Waals surface area contributed by atoms with Gasteiger partial charge in [0.1, 0.15) is 0 Å². The lowest BCUT2D eigenvalue weighted by Gasteiger charge is -2.19. The van der Waals surface area contributed by atoms with Crippen LogP contribution in [0.25, 0.3) is 10.9 Å². The number of rotatable bonds is 3. The summed E-state index contributed by atoms with van der Waals surface area (Å²) in [6, 6.07) is 9.49. The first-order valence-corrected chi connectivity index (χ1v) is 8.12. The van der Waals surface area contributed by atoms with E-state index < -0.39 is 14.6 Å². The van der Waals surface area contributed by atoms with Crippen molar-refractivity contribution >= 4 is 20.7 Å². The summed E-state index contributed by atoms with van der Waals surface area (Å²) in [7, 11) is -3.14. The molecule has 0 aliphatic carbocycles. The van der Waals surface area contributed by atoms with Crippen LogP contribution >= 0.6 is 0 Å². The van der Waals surface area contributed by atoms with Gasteiger partial charge in [-0.25, -0.2) is 8.42 Å². The van der Waals surface area contributed by atoms with Gasteiger partial charge < -0.3 is 4.57 Å². The van der Waals surface area contributed by atoms with Gasteiger partial charge in [0.15, 0.2) is 9.84 Å². The van der Waals surface area contributed by atoms with E-state index >= 15 is 0 Å². The highest BCUT2D eigenvalue weighted by atomic mass is 32.2. The molecule has 0 N–H and O–H groups in total. The molecule has 5 heteroatoms. The summed E-state index contributed by atoms with van der Waals surface area (Å²) < 4.78 is 25.4. The SMILES string of the molecule is CC(C)(C)S(=O)(=O)CCn1ccc2c(C#N)cccc21. The Morgan fingerprint density at radius 1 is 1.25 bits per heavy atom. The summed E-state index contributed by atoms with van der Waals surface area (Å²) in [4.78, 5) is 0. The maximum atomic E-state index is 12.1. The largest absolute Gasteiger partial charge is 0.346 e. The third-order valence-corrected chi connectivity index (χ3v) is 6.05. The Morgan fingerprint density at radius 3 is 2.55 bits per heavy atom. The van der Waals surface area contributed by atoms with Gasteiger partial charge in [0.2, 0.25) is 0 Å². The van der Waals surface area contributed by atoms with Crippen molar-refractivity contribution in [1.82, 2.24) is 4.57 Å². The molecule has 1 aromatic carbocycles. The van der Waals surface area contributed by atoms with Gasteiger partial charge in [-0.15, -0.1) is 0 Å².